The van der Waals surface area contributed by atoms with E-state index >= 15 is 0 Å². The Morgan fingerprint density at radius 1 is 1.60 bits per heavy atom. The number of hydrogen-bond acceptors (Lipinski definition) is 6. The standard InChI is InChI=1S/C12H13FN2O5/c1-20-12(17)8-4-10(14-3-2-7(16)6-14)11(15(18)19)5-9(8)13/h4-5,7,16H,2-3,6H2,1H3. The maximum absolute atomic E-state index is 13.7. The molecule has 7 nitrogen and oxygen atoms in total. The fraction of sp³-hybridized carbons (Fsp3) is 0.417. The molecule has 2 rings (SSSR count). The van der Waals surface area contributed by atoms with Crippen molar-refractivity contribution in [3.8, 4) is 0 Å². The van der Waals surface area contributed by atoms with Crippen LogP contribution in [0.15, 0.2) is 12.1 Å². The van der Waals surface area contributed by atoms with Gasteiger partial charge in [0, 0.05) is 13.1 Å². The lowest BCUT2D eigenvalue weighted by atomic mass is 10.1. The molecule has 0 aromatic heterocycles. The highest BCUT2D eigenvalue weighted by molar-refractivity contribution is 5.92. The second kappa shape index (κ2) is 5.41. The average molecular weight is 284 g/mol. The first-order chi connectivity index (χ1) is 9.43. The Labute approximate surface area is 113 Å². The van der Waals surface area contributed by atoms with Crippen molar-refractivity contribution in [2.24, 2.45) is 0 Å². The minimum absolute atomic E-state index is 0.105. The minimum atomic E-state index is -1.01. The quantitative estimate of drug-likeness (QED) is 0.507. The lowest BCUT2D eigenvalue weighted by Gasteiger charge is -2.18. The van der Waals surface area contributed by atoms with Gasteiger partial charge in [0.05, 0.1) is 29.8 Å². The molecule has 108 valence electrons. The smallest absolute Gasteiger partial charge is 0.340 e. The number of esters is 1. The van der Waals surface area contributed by atoms with Crippen LogP contribution in [0, 0.1) is 15.9 Å². The van der Waals surface area contributed by atoms with Gasteiger partial charge < -0.3 is 14.7 Å². The van der Waals surface area contributed by atoms with Crippen LogP contribution in [0.1, 0.15) is 16.8 Å². The van der Waals surface area contributed by atoms with E-state index in [0.717, 1.165) is 13.2 Å². The average Bonchev–Trinajstić information content (AvgIpc) is 2.84. The molecule has 1 atom stereocenters. The number of β-amino-alcohol motifs (C(OH)–C–C–N with tert-alkyl or cyclic N) is 1. The van der Waals surface area contributed by atoms with Crippen LogP contribution in [-0.4, -0.2) is 42.3 Å². The highest BCUT2D eigenvalue weighted by Crippen LogP contribution is 2.33. The Morgan fingerprint density at radius 2 is 2.30 bits per heavy atom. The van der Waals surface area contributed by atoms with Crippen molar-refractivity contribution in [2.75, 3.05) is 25.1 Å². The van der Waals surface area contributed by atoms with Crippen molar-refractivity contribution in [1.82, 2.24) is 0 Å². The Bertz CT molecular complexity index is 563. The number of aliphatic hydroxyl groups excluding tert-OH is 1. The zero-order valence-corrected chi connectivity index (χ0v) is 10.7. The summed E-state index contributed by atoms with van der Waals surface area (Å²) in [5.41, 5.74) is -0.702. The largest absolute Gasteiger partial charge is 0.465 e. The predicted octanol–water partition coefficient (Wildman–Crippen LogP) is 1.09. The Hall–Kier alpha value is -2.22. The highest BCUT2D eigenvalue weighted by Gasteiger charge is 2.29. The molecule has 1 aliphatic heterocycles. The van der Waals surface area contributed by atoms with E-state index in [-0.39, 0.29) is 17.8 Å². The van der Waals surface area contributed by atoms with E-state index in [1.54, 1.807) is 4.90 Å². The number of ether oxygens (including phenoxy) is 1. The van der Waals surface area contributed by atoms with Gasteiger partial charge in [0.1, 0.15) is 11.5 Å². The Kier molecular flexibility index (Phi) is 3.84. The van der Waals surface area contributed by atoms with Crippen molar-refractivity contribution in [3.05, 3.63) is 33.6 Å². The summed E-state index contributed by atoms with van der Waals surface area (Å²) in [6.45, 7) is 0.599. The first kappa shape index (κ1) is 14.2. The topological polar surface area (TPSA) is 92.9 Å². The van der Waals surface area contributed by atoms with Crippen molar-refractivity contribution >= 4 is 17.3 Å². The molecular formula is C12H13FN2O5. The van der Waals surface area contributed by atoms with E-state index in [1.165, 1.54) is 0 Å². The van der Waals surface area contributed by atoms with Crippen molar-refractivity contribution in [2.45, 2.75) is 12.5 Å². The molecule has 0 aliphatic carbocycles. The number of hydrogen-bond donors (Lipinski definition) is 1. The maximum Gasteiger partial charge on any atom is 0.340 e. The second-order valence-corrected chi connectivity index (χ2v) is 4.46. The van der Waals surface area contributed by atoms with E-state index in [1.807, 2.05) is 0 Å². The number of aliphatic hydroxyl groups is 1. The summed E-state index contributed by atoms with van der Waals surface area (Å²) in [5.74, 6) is -1.91. The van der Waals surface area contributed by atoms with Gasteiger partial charge in [-0.1, -0.05) is 0 Å². The first-order valence-corrected chi connectivity index (χ1v) is 5.93. The lowest BCUT2D eigenvalue weighted by molar-refractivity contribution is -0.384. The number of anilines is 1. The van der Waals surface area contributed by atoms with E-state index in [4.69, 9.17) is 0 Å². The molecule has 0 radical (unpaired) electrons. The molecule has 1 heterocycles. The van der Waals surface area contributed by atoms with Gasteiger partial charge in [-0.3, -0.25) is 10.1 Å². The Balaban J connectivity index is 2.51. The van der Waals surface area contributed by atoms with Crippen LogP contribution in [0.25, 0.3) is 0 Å². The van der Waals surface area contributed by atoms with Gasteiger partial charge in [-0.2, -0.15) is 0 Å². The van der Waals surface area contributed by atoms with Crippen LogP contribution >= 0.6 is 0 Å². The first-order valence-electron chi connectivity index (χ1n) is 5.93. The highest BCUT2D eigenvalue weighted by atomic mass is 19.1. The maximum atomic E-state index is 13.7. The molecular weight excluding hydrogens is 271 g/mol. The van der Waals surface area contributed by atoms with Crippen LogP contribution in [0.3, 0.4) is 0 Å². The van der Waals surface area contributed by atoms with Gasteiger partial charge in [-0.05, 0) is 12.5 Å². The third-order valence-corrected chi connectivity index (χ3v) is 3.17. The molecule has 0 spiro atoms. The fourth-order valence-corrected chi connectivity index (χ4v) is 2.18. The molecule has 1 unspecified atom stereocenters. The monoisotopic (exact) mass is 284 g/mol. The molecule has 1 aromatic rings. The van der Waals surface area contributed by atoms with Crippen LogP contribution in [-0.2, 0) is 4.74 Å². The summed E-state index contributed by atoms with van der Waals surface area (Å²) >= 11 is 0. The number of nitro benzene ring substituents is 1. The van der Waals surface area contributed by atoms with E-state index in [2.05, 4.69) is 4.74 Å². The van der Waals surface area contributed by atoms with Crippen molar-refractivity contribution < 1.29 is 24.0 Å². The summed E-state index contributed by atoms with van der Waals surface area (Å²) in [5, 5.41) is 20.5. The van der Waals surface area contributed by atoms with E-state index in [9.17, 15) is 24.4 Å². The van der Waals surface area contributed by atoms with Gasteiger partial charge in [0.25, 0.3) is 5.69 Å². The summed E-state index contributed by atoms with van der Waals surface area (Å²) in [4.78, 5) is 23.3. The zero-order chi connectivity index (χ0) is 14.9. The summed E-state index contributed by atoms with van der Waals surface area (Å²) in [6, 6.07) is 1.80. The summed E-state index contributed by atoms with van der Waals surface area (Å²) < 4.78 is 18.2. The normalized spacial score (nSPS) is 18.1. The molecule has 1 saturated heterocycles. The number of methoxy groups -OCH3 is 1. The van der Waals surface area contributed by atoms with Gasteiger partial charge >= 0.3 is 5.97 Å². The number of nitrogens with zero attached hydrogens (tertiary/aromatic N) is 2. The molecule has 20 heavy (non-hydrogen) atoms. The van der Waals surface area contributed by atoms with Crippen molar-refractivity contribution in [1.29, 1.82) is 0 Å². The van der Waals surface area contributed by atoms with E-state index in [0.29, 0.717) is 19.0 Å². The van der Waals surface area contributed by atoms with Gasteiger partial charge in [0.2, 0.25) is 0 Å². The molecule has 1 fully saturated rings. The van der Waals surface area contributed by atoms with Gasteiger partial charge in [-0.25, -0.2) is 9.18 Å². The number of carbonyl (C=O) groups excluding carboxylic acids is 1. The number of nitro groups is 1. The zero-order valence-electron chi connectivity index (χ0n) is 10.7. The number of carbonyl (C=O) groups is 1. The van der Waals surface area contributed by atoms with Crippen LogP contribution in [0.4, 0.5) is 15.8 Å². The molecule has 1 aliphatic rings. The molecule has 0 bridgehead atoms. The summed E-state index contributed by atoms with van der Waals surface area (Å²) in [7, 11) is 1.10. The second-order valence-electron chi connectivity index (χ2n) is 4.46. The molecule has 0 amide bonds. The van der Waals surface area contributed by atoms with E-state index < -0.39 is 28.5 Å². The summed E-state index contributed by atoms with van der Waals surface area (Å²) in [6.07, 6.45) is -0.136. The van der Waals surface area contributed by atoms with Crippen molar-refractivity contribution in [3.63, 3.8) is 0 Å². The number of halogens is 1. The molecule has 0 saturated carbocycles. The molecule has 8 heteroatoms. The molecule has 1 aromatic carbocycles. The van der Waals surface area contributed by atoms with Crippen LogP contribution in [0.5, 0.6) is 0 Å². The lowest BCUT2D eigenvalue weighted by Crippen LogP contribution is -2.23. The SMILES string of the molecule is COC(=O)c1cc(N2CCC(O)C2)c([N+](=O)[O-])cc1F. The third kappa shape index (κ3) is 2.55. The van der Waals surface area contributed by atoms with Crippen LogP contribution < -0.4 is 4.90 Å². The number of rotatable bonds is 3. The fourth-order valence-electron chi connectivity index (χ4n) is 2.18. The van der Waals surface area contributed by atoms with Gasteiger partial charge in [-0.15, -0.1) is 0 Å². The minimum Gasteiger partial charge on any atom is -0.465 e. The molecule has 1 N–H and O–H groups in total. The number of benzene rings is 1. The predicted molar refractivity (Wildman–Crippen MR) is 67.2 cm³/mol. The third-order valence-electron chi connectivity index (χ3n) is 3.17. The van der Waals surface area contributed by atoms with Gasteiger partial charge in [0.15, 0.2) is 0 Å². The van der Waals surface area contributed by atoms with Crippen LogP contribution in [0.2, 0.25) is 0 Å². The Morgan fingerprint density at radius 3 is 2.80 bits per heavy atom.